The zero-order chi connectivity index (χ0) is 13.4. The van der Waals surface area contributed by atoms with Gasteiger partial charge in [-0.2, -0.15) is 0 Å². The predicted octanol–water partition coefficient (Wildman–Crippen LogP) is 1.41. The van der Waals surface area contributed by atoms with E-state index >= 15 is 0 Å². The van der Waals surface area contributed by atoms with E-state index in [4.69, 9.17) is 15.2 Å². The topological polar surface area (TPSA) is 73.6 Å². The SMILES string of the molecule is CC(C)(C)OC(=O)NC1(C2(CN)CC2)CCOC1. The van der Waals surface area contributed by atoms with E-state index in [0.717, 1.165) is 19.3 Å². The van der Waals surface area contributed by atoms with Crippen molar-refractivity contribution in [2.75, 3.05) is 19.8 Å². The molecule has 1 aliphatic heterocycles. The lowest BCUT2D eigenvalue weighted by atomic mass is 9.80. The van der Waals surface area contributed by atoms with Gasteiger partial charge in [0.05, 0.1) is 12.1 Å². The van der Waals surface area contributed by atoms with Crippen LogP contribution in [0.2, 0.25) is 0 Å². The number of rotatable bonds is 3. The lowest BCUT2D eigenvalue weighted by Gasteiger charge is -2.37. The van der Waals surface area contributed by atoms with Gasteiger partial charge in [-0.3, -0.25) is 0 Å². The first-order valence-corrected chi connectivity index (χ1v) is 6.62. The summed E-state index contributed by atoms with van der Waals surface area (Å²) in [6.07, 6.45) is 2.57. The molecule has 5 nitrogen and oxygen atoms in total. The number of carbonyl (C=O) groups excluding carboxylic acids is 1. The highest BCUT2D eigenvalue weighted by molar-refractivity contribution is 5.69. The third-order valence-electron chi connectivity index (χ3n) is 4.02. The van der Waals surface area contributed by atoms with Gasteiger partial charge >= 0.3 is 6.09 Å². The molecular formula is C13H24N2O3. The van der Waals surface area contributed by atoms with Gasteiger partial charge in [-0.05, 0) is 40.0 Å². The van der Waals surface area contributed by atoms with Crippen LogP contribution in [-0.4, -0.2) is 37.0 Å². The molecule has 0 radical (unpaired) electrons. The van der Waals surface area contributed by atoms with Crippen LogP contribution in [0.3, 0.4) is 0 Å². The van der Waals surface area contributed by atoms with Crippen LogP contribution in [0.25, 0.3) is 0 Å². The van der Waals surface area contributed by atoms with Crippen molar-refractivity contribution >= 4 is 6.09 Å². The molecule has 0 aromatic rings. The van der Waals surface area contributed by atoms with Gasteiger partial charge in [0, 0.05) is 18.6 Å². The van der Waals surface area contributed by atoms with E-state index in [2.05, 4.69) is 5.32 Å². The third kappa shape index (κ3) is 2.47. The standard InChI is InChI=1S/C13H24N2O3/c1-11(2,3)18-10(16)15-13(6-7-17-9-13)12(8-14)4-5-12/h4-9,14H2,1-3H3,(H,15,16). The Balaban J connectivity index is 2.06. The Morgan fingerprint density at radius 2 is 2.06 bits per heavy atom. The number of nitrogens with one attached hydrogen (secondary N) is 1. The molecule has 1 atom stereocenters. The largest absolute Gasteiger partial charge is 0.444 e. The fraction of sp³-hybridized carbons (Fsp3) is 0.923. The second-order valence-electron chi connectivity index (χ2n) is 6.50. The van der Waals surface area contributed by atoms with Gasteiger partial charge in [0.15, 0.2) is 0 Å². The highest BCUT2D eigenvalue weighted by Crippen LogP contribution is 2.56. The van der Waals surface area contributed by atoms with Gasteiger partial charge in [-0.15, -0.1) is 0 Å². The molecule has 1 saturated carbocycles. The minimum atomic E-state index is -0.482. The van der Waals surface area contributed by atoms with Crippen molar-refractivity contribution in [1.29, 1.82) is 0 Å². The van der Waals surface area contributed by atoms with Crippen molar-refractivity contribution in [3.63, 3.8) is 0 Å². The summed E-state index contributed by atoms with van der Waals surface area (Å²) in [5.41, 5.74) is 5.09. The number of nitrogens with two attached hydrogens (primary N) is 1. The zero-order valence-corrected chi connectivity index (χ0v) is 11.5. The van der Waals surface area contributed by atoms with Crippen molar-refractivity contribution in [2.45, 2.75) is 51.2 Å². The molecule has 1 aliphatic carbocycles. The summed E-state index contributed by atoms with van der Waals surface area (Å²) in [6.45, 7) is 7.40. The summed E-state index contributed by atoms with van der Waals surface area (Å²) < 4.78 is 10.8. The molecule has 2 fully saturated rings. The Kier molecular flexibility index (Phi) is 3.32. The van der Waals surface area contributed by atoms with Gasteiger partial charge in [-0.25, -0.2) is 4.79 Å². The van der Waals surface area contributed by atoms with Crippen LogP contribution >= 0.6 is 0 Å². The second-order valence-corrected chi connectivity index (χ2v) is 6.50. The molecule has 18 heavy (non-hydrogen) atoms. The van der Waals surface area contributed by atoms with E-state index in [1.807, 2.05) is 20.8 Å². The molecule has 1 unspecified atom stereocenters. The third-order valence-corrected chi connectivity index (χ3v) is 4.02. The van der Waals surface area contributed by atoms with Crippen LogP contribution < -0.4 is 11.1 Å². The molecule has 1 heterocycles. The molecule has 3 N–H and O–H groups in total. The average Bonchev–Trinajstić information content (AvgIpc) is 2.92. The number of hydrogen-bond donors (Lipinski definition) is 2. The minimum absolute atomic E-state index is 0.0143. The van der Waals surface area contributed by atoms with Crippen molar-refractivity contribution < 1.29 is 14.3 Å². The van der Waals surface area contributed by atoms with Crippen molar-refractivity contribution in [1.82, 2.24) is 5.32 Å². The van der Waals surface area contributed by atoms with E-state index in [0.29, 0.717) is 19.8 Å². The molecule has 0 bridgehead atoms. The van der Waals surface area contributed by atoms with Gasteiger partial charge in [0.25, 0.3) is 0 Å². The van der Waals surface area contributed by atoms with Crippen LogP contribution in [0.1, 0.15) is 40.0 Å². The van der Waals surface area contributed by atoms with Gasteiger partial charge in [0.1, 0.15) is 5.60 Å². The van der Waals surface area contributed by atoms with Crippen molar-refractivity contribution in [3.05, 3.63) is 0 Å². The number of carbonyl (C=O) groups is 1. The van der Waals surface area contributed by atoms with E-state index in [-0.39, 0.29) is 17.0 Å². The molecule has 2 aliphatic rings. The van der Waals surface area contributed by atoms with Crippen molar-refractivity contribution in [2.24, 2.45) is 11.1 Å². The Morgan fingerprint density at radius 1 is 1.39 bits per heavy atom. The average molecular weight is 256 g/mol. The first-order chi connectivity index (χ1) is 8.33. The Hall–Kier alpha value is -0.810. The molecule has 0 spiro atoms. The van der Waals surface area contributed by atoms with Crippen LogP contribution in [0.15, 0.2) is 0 Å². The summed E-state index contributed by atoms with van der Waals surface area (Å²) in [6, 6.07) is 0. The second kappa shape index (κ2) is 4.38. The van der Waals surface area contributed by atoms with Gasteiger partial charge in [-0.1, -0.05) is 0 Å². The van der Waals surface area contributed by atoms with E-state index in [1.165, 1.54) is 0 Å². The molecule has 5 heteroatoms. The Bertz CT molecular complexity index is 326. The summed E-state index contributed by atoms with van der Waals surface area (Å²) in [5, 5.41) is 3.04. The first kappa shape index (κ1) is 13.6. The van der Waals surface area contributed by atoms with E-state index in [1.54, 1.807) is 0 Å². The normalized spacial score (nSPS) is 30.0. The summed E-state index contributed by atoms with van der Waals surface area (Å²) in [4.78, 5) is 12.0. The molecule has 2 rings (SSSR count). The van der Waals surface area contributed by atoms with Crippen molar-refractivity contribution in [3.8, 4) is 0 Å². The maximum Gasteiger partial charge on any atom is 0.408 e. The molecular weight excluding hydrogens is 232 g/mol. The fourth-order valence-corrected chi connectivity index (χ4v) is 2.74. The van der Waals surface area contributed by atoms with Crippen LogP contribution in [0.5, 0.6) is 0 Å². The van der Waals surface area contributed by atoms with Crippen LogP contribution in [-0.2, 0) is 9.47 Å². The van der Waals surface area contributed by atoms with E-state index in [9.17, 15) is 4.79 Å². The maximum atomic E-state index is 12.0. The molecule has 0 aromatic heterocycles. The Morgan fingerprint density at radius 3 is 2.44 bits per heavy atom. The van der Waals surface area contributed by atoms with Crippen LogP contribution in [0, 0.1) is 5.41 Å². The monoisotopic (exact) mass is 256 g/mol. The smallest absolute Gasteiger partial charge is 0.408 e. The van der Waals surface area contributed by atoms with Crippen LogP contribution in [0.4, 0.5) is 4.79 Å². The van der Waals surface area contributed by atoms with Gasteiger partial charge in [0.2, 0.25) is 0 Å². The first-order valence-electron chi connectivity index (χ1n) is 6.62. The number of ether oxygens (including phenoxy) is 2. The number of alkyl carbamates (subject to hydrolysis) is 1. The zero-order valence-electron chi connectivity index (χ0n) is 11.5. The maximum absolute atomic E-state index is 12.0. The molecule has 0 aromatic carbocycles. The lowest BCUT2D eigenvalue weighted by Crippen LogP contribution is -2.58. The number of amides is 1. The summed E-state index contributed by atoms with van der Waals surface area (Å²) >= 11 is 0. The highest BCUT2D eigenvalue weighted by atomic mass is 16.6. The summed E-state index contributed by atoms with van der Waals surface area (Å²) in [7, 11) is 0. The fourth-order valence-electron chi connectivity index (χ4n) is 2.74. The highest BCUT2D eigenvalue weighted by Gasteiger charge is 2.60. The lowest BCUT2D eigenvalue weighted by molar-refractivity contribution is 0.0364. The molecule has 1 amide bonds. The van der Waals surface area contributed by atoms with Gasteiger partial charge < -0.3 is 20.5 Å². The predicted molar refractivity (Wildman–Crippen MR) is 68.3 cm³/mol. The minimum Gasteiger partial charge on any atom is -0.444 e. The quantitative estimate of drug-likeness (QED) is 0.800. The Labute approximate surface area is 108 Å². The number of hydrogen-bond acceptors (Lipinski definition) is 4. The molecule has 104 valence electrons. The molecule has 1 saturated heterocycles. The summed E-state index contributed by atoms with van der Waals surface area (Å²) in [5.74, 6) is 0. The van der Waals surface area contributed by atoms with E-state index < -0.39 is 5.60 Å².